The van der Waals surface area contributed by atoms with Crippen molar-refractivity contribution < 1.29 is 18.3 Å². The van der Waals surface area contributed by atoms with Gasteiger partial charge in [-0.15, -0.1) is 5.10 Å². The van der Waals surface area contributed by atoms with Crippen LogP contribution in [0, 0.1) is 0 Å². The second-order valence-corrected chi connectivity index (χ2v) is 8.96. The number of hydrogen-bond acceptors (Lipinski definition) is 8. The molecule has 0 bridgehead atoms. The van der Waals surface area contributed by atoms with Crippen LogP contribution in [0.15, 0.2) is 65.6 Å². The standard InChI is InChI=1S/C26H24F2N8O3/c27-25(28)39-22-4-2-1-3-19(22)15-35-21-13-17(18-6-8-24(37)29-14-18)5-7-20(21)30-23(35)16-36-32-26(31-33-36)34-9-11-38-12-10-34/h1-8,13-14,25H,9-12,15-16H2,(H,29,37). The number of ether oxygens (including phenoxy) is 2. The third kappa shape index (κ3) is 5.34. The molecular weight excluding hydrogens is 510 g/mol. The molecule has 3 aromatic heterocycles. The predicted molar refractivity (Wildman–Crippen MR) is 138 cm³/mol. The quantitative estimate of drug-likeness (QED) is 0.323. The number of halogens is 2. The average Bonchev–Trinajstić information content (AvgIpc) is 3.55. The maximum Gasteiger partial charge on any atom is 0.387 e. The third-order valence-corrected chi connectivity index (χ3v) is 6.48. The number of hydrogen-bond donors (Lipinski definition) is 1. The number of para-hydroxylation sites is 1. The lowest BCUT2D eigenvalue weighted by molar-refractivity contribution is -0.0504. The number of tetrazole rings is 1. The number of pyridine rings is 1. The number of aromatic nitrogens is 7. The Morgan fingerprint density at radius 1 is 1.03 bits per heavy atom. The minimum Gasteiger partial charge on any atom is -0.434 e. The van der Waals surface area contributed by atoms with E-state index in [2.05, 4.69) is 20.4 Å². The molecule has 4 heterocycles. The fourth-order valence-electron chi connectivity index (χ4n) is 4.57. The van der Waals surface area contributed by atoms with E-state index in [0.717, 1.165) is 16.6 Å². The third-order valence-electron chi connectivity index (χ3n) is 6.48. The van der Waals surface area contributed by atoms with Gasteiger partial charge in [0, 0.05) is 30.9 Å². The van der Waals surface area contributed by atoms with Gasteiger partial charge in [0.1, 0.15) is 18.1 Å². The maximum atomic E-state index is 13.1. The molecule has 2 aromatic carbocycles. The van der Waals surface area contributed by atoms with Crippen LogP contribution in [0.1, 0.15) is 11.4 Å². The number of anilines is 1. The monoisotopic (exact) mass is 534 g/mol. The van der Waals surface area contributed by atoms with Gasteiger partial charge >= 0.3 is 6.61 Å². The van der Waals surface area contributed by atoms with Crippen molar-refractivity contribution in [2.75, 3.05) is 31.2 Å². The number of rotatable bonds is 8. The molecule has 6 rings (SSSR count). The van der Waals surface area contributed by atoms with Crippen LogP contribution in [-0.4, -0.2) is 67.7 Å². The van der Waals surface area contributed by atoms with Crippen LogP contribution < -0.4 is 15.2 Å². The Morgan fingerprint density at radius 3 is 2.64 bits per heavy atom. The largest absolute Gasteiger partial charge is 0.434 e. The predicted octanol–water partition coefficient (Wildman–Crippen LogP) is 2.91. The van der Waals surface area contributed by atoms with E-state index in [1.807, 2.05) is 27.7 Å². The van der Waals surface area contributed by atoms with Crippen LogP contribution in [-0.2, 0) is 17.8 Å². The first-order valence-corrected chi connectivity index (χ1v) is 12.3. The van der Waals surface area contributed by atoms with Crippen molar-refractivity contribution in [1.29, 1.82) is 0 Å². The number of aromatic amines is 1. The number of fused-ring (bicyclic) bond motifs is 1. The molecule has 0 amide bonds. The zero-order valence-electron chi connectivity index (χ0n) is 20.7. The van der Waals surface area contributed by atoms with Crippen molar-refractivity contribution >= 4 is 17.0 Å². The molecule has 5 aromatic rings. The van der Waals surface area contributed by atoms with E-state index in [4.69, 9.17) is 14.5 Å². The fraction of sp³-hybridized carbons (Fsp3) is 0.269. The number of benzene rings is 2. The van der Waals surface area contributed by atoms with E-state index in [-0.39, 0.29) is 24.4 Å². The lowest BCUT2D eigenvalue weighted by Gasteiger charge is -2.24. The minimum absolute atomic E-state index is 0.0885. The van der Waals surface area contributed by atoms with Crippen molar-refractivity contribution in [1.82, 2.24) is 34.7 Å². The van der Waals surface area contributed by atoms with Gasteiger partial charge in [0.05, 0.1) is 30.8 Å². The molecule has 39 heavy (non-hydrogen) atoms. The Morgan fingerprint density at radius 2 is 1.85 bits per heavy atom. The molecule has 1 N–H and O–H groups in total. The van der Waals surface area contributed by atoms with E-state index in [1.54, 1.807) is 30.5 Å². The molecule has 0 aliphatic carbocycles. The van der Waals surface area contributed by atoms with Crippen LogP contribution in [0.3, 0.4) is 0 Å². The second-order valence-electron chi connectivity index (χ2n) is 8.96. The van der Waals surface area contributed by atoms with E-state index >= 15 is 0 Å². The smallest absolute Gasteiger partial charge is 0.387 e. The molecule has 0 radical (unpaired) electrons. The summed E-state index contributed by atoms with van der Waals surface area (Å²) in [6, 6.07) is 15.6. The van der Waals surface area contributed by atoms with Gasteiger partial charge in [0.25, 0.3) is 5.95 Å². The molecule has 1 aliphatic heterocycles. The molecule has 0 atom stereocenters. The molecule has 200 valence electrons. The van der Waals surface area contributed by atoms with E-state index in [1.165, 1.54) is 16.9 Å². The molecule has 13 heteroatoms. The molecular formula is C26H24F2N8O3. The highest BCUT2D eigenvalue weighted by atomic mass is 19.3. The Balaban J connectivity index is 1.40. The summed E-state index contributed by atoms with van der Waals surface area (Å²) in [6.45, 7) is 0.0312. The summed E-state index contributed by atoms with van der Waals surface area (Å²) in [5.41, 5.74) is 3.53. The lowest BCUT2D eigenvalue weighted by atomic mass is 10.1. The number of morpholine rings is 1. The van der Waals surface area contributed by atoms with E-state index in [0.29, 0.717) is 49.2 Å². The lowest BCUT2D eigenvalue weighted by Crippen LogP contribution is -2.37. The minimum atomic E-state index is -2.95. The Bertz CT molecular complexity index is 1640. The zero-order chi connectivity index (χ0) is 26.8. The van der Waals surface area contributed by atoms with Crippen LogP contribution >= 0.6 is 0 Å². The van der Waals surface area contributed by atoms with Crippen molar-refractivity contribution in [3.63, 3.8) is 0 Å². The van der Waals surface area contributed by atoms with Gasteiger partial charge < -0.3 is 23.9 Å². The summed E-state index contributed by atoms with van der Waals surface area (Å²) in [5, 5.41) is 12.9. The SMILES string of the molecule is O=c1ccc(-c2ccc3nc(Cn4nnc(N5CCOCC5)n4)n(Cc4ccccc4OC(F)F)c3c2)c[nH]1. The Kier molecular flexibility index (Phi) is 6.71. The van der Waals surface area contributed by atoms with Gasteiger partial charge in [-0.25, -0.2) is 4.98 Å². The molecule has 1 saturated heterocycles. The maximum absolute atomic E-state index is 13.1. The molecule has 1 fully saturated rings. The van der Waals surface area contributed by atoms with Gasteiger partial charge in [-0.3, -0.25) is 4.79 Å². The van der Waals surface area contributed by atoms with E-state index in [9.17, 15) is 13.6 Å². The van der Waals surface area contributed by atoms with Gasteiger partial charge in [-0.1, -0.05) is 29.4 Å². The number of nitrogens with zero attached hydrogens (tertiary/aromatic N) is 7. The Labute approximate surface area is 220 Å². The average molecular weight is 535 g/mol. The molecule has 1 aliphatic rings. The van der Waals surface area contributed by atoms with Gasteiger partial charge in [0.15, 0.2) is 0 Å². The van der Waals surface area contributed by atoms with Gasteiger partial charge in [-0.05, 0) is 40.6 Å². The van der Waals surface area contributed by atoms with Crippen molar-refractivity contribution in [2.45, 2.75) is 19.7 Å². The van der Waals surface area contributed by atoms with E-state index < -0.39 is 6.61 Å². The summed E-state index contributed by atoms with van der Waals surface area (Å²) in [5.74, 6) is 1.21. The molecule has 0 saturated carbocycles. The number of H-pyrrole nitrogens is 1. The van der Waals surface area contributed by atoms with Crippen molar-refractivity contribution in [2.24, 2.45) is 0 Å². The highest BCUT2D eigenvalue weighted by Gasteiger charge is 2.19. The number of imidazole rings is 1. The highest BCUT2D eigenvalue weighted by molar-refractivity contribution is 5.82. The van der Waals surface area contributed by atoms with Crippen molar-refractivity contribution in [3.05, 3.63) is 82.5 Å². The first kappa shape index (κ1) is 24.7. The van der Waals surface area contributed by atoms with Crippen LogP contribution in [0.4, 0.5) is 14.7 Å². The first-order chi connectivity index (χ1) is 19.0. The second kappa shape index (κ2) is 10.6. The van der Waals surface area contributed by atoms with Crippen LogP contribution in [0.5, 0.6) is 5.75 Å². The molecule has 0 spiro atoms. The molecule has 0 unspecified atom stereocenters. The van der Waals surface area contributed by atoms with Crippen molar-refractivity contribution in [3.8, 4) is 16.9 Å². The number of nitrogens with one attached hydrogen (secondary N) is 1. The number of alkyl halides is 2. The Hall–Kier alpha value is -4.65. The fourth-order valence-corrected chi connectivity index (χ4v) is 4.57. The summed E-state index contributed by atoms with van der Waals surface area (Å²) in [6.07, 6.45) is 1.64. The highest BCUT2D eigenvalue weighted by Crippen LogP contribution is 2.28. The summed E-state index contributed by atoms with van der Waals surface area (Å²) >= 11 is 0. The topological polar surface area (TPSA) is 116 Å². The normalized spacial score (nSPS) is 13.9. The summed E-state index contributed by atoms with van der Waals surface area (Å²) in [4.78, 5) is 22.5. The van der Waals surface area contributed by atoms with Gasteiger partial charge in [-0.2, -0.15) is 13.6 Å². The zero-order valence-corrected chi connectivity index (χ0v) is 20.7. The van der Waals surface area contributed by atoms with Crippen LogP contribution in [0.2, 0.25) is 0 Å². The van der Waals surface area contributed by atoms with Gasteiger partial charge in [0.2, 0.25) is 5.56 Å². The van der Waals surface area contributed by atoms with Crippen LogP contribution in [0.25, 0.3) is 22.2 Å². The molecule has 11 nitrogen and oxygen atoms in total. The first-order valence-electron chi connectivity index (χ1n) is 12.3. The summed E-state index contributed by atoms with van der Waals surface area (Å²) in [7, 11) is 0. The summed E-state index contributed by atoms with van der Waals surface area (Å²) < 4.78 is 38.3.